The SMILES string of the molecule is C1CO1.CC1CO1.CCl. The topological polar surface area (TPSA) is 25.1 Å². The maximum Gasteiger partial charge on any atom is 0.0781 e. The van der Waals surface area contributed by atoms with Crippen molar-refractivity contribution in [2.45, 2.75) is 13.0 Å². The number of alkyl halides is 1. The van der Waals surface area contributed by atoms with Crippen LogP contribution in [0.2, 0.25) is 0 Å². The van der Waals surface area contributed by atoms with Gasteiger partial charge in [0.1, 0.15) is 0 Å². The summed E-state index contributed by atoms with van der Waals surface area (Å²) in [6, 6.07) is 0. The quantitative estimate of drug-likeness (QED) is 0.386. The van der Waals surface area contributed by atoms with Crippen molar-refractivity contribution in [3.05, 3.63) is 0 Å². The molecule has 0 radical (unpaired) electrons. The van der Waals surface area contributed by atoms with Crippen LogP contribution in [0.25, 0.3) is 0 Å². The second kappa shape index (κ2) is 6.33. The molecule has 2 nitrogen and oxygen atoms in total. The molecular weight excluding hydrogens is 140 g/mol. The fraction of sp³-hybridized carbons (Fsp3) is 1.00. The van der Waals surface area contributed by atoms with Gasteiger partial charge in [0.2, 0.25) is 0 Å². The summed E-state index contributed by atoms with van der Waals surface area (Å²) in [6.07, 6.45) is 2.06. The number of epoxide rings is 2. The zero-order valence-corrected chi connectivity index (χ0v) is 6.65. The van der Waals surface area contributed by atoms with E-state index in [0.717, 1.165) is 19.8 Å². The van der Waals surface area contributed by atoms with Crippen molar-refractivity contribution in [1.82, 2.24) is 0 Å². The van der Waals surface area contributed by atoms with E-state index in [1.165, 1.54) is 6.38 Å². The van der Waals surface area contributed by atoms with Crippen molar-refractivity contribution in [1.29, 1.82) is 0 Å². The lowest BCUT2D eigenvalue weighted by Gasteiger charge is -1.50. The van der Waals surface area contributed by atoms with Crippen molar-refractivity contribution < 1.29 is 9.47 Å². The number of hydrogen-bond acceptors (Lipinski definition) is 2. The zero-order chi connectivity index (χ0) is 7.11. The number of ether oxygens (including phenoxy) is 2. The molecule has 0 saturated carbocycles. The van der Waals surface area contributed by atoms with Gasteiger partial charge in [-0.25, -0.2) is 0 Å². The van der Waals surface area contributed by atoms with E-state index in [0.29, 0.717) is 6.10 Å². The normalized spacial score (nSPS) is 26.3. The molecule has 56 valence electrons. The van der Waals surface area contributed by atoms with Gasteiger partial charge in [-0.15, -0.1) is 11.6 Å². The molecule has 0 aliphatic carbocycles. The lowest BCUT2D eigenvalue weighted by Crippen LogP contribution is -1.60. The fourth-order valence-corrected chi connectivity index (χ4v) is 0.0962. The van der Waals surface area contributed by atoms with Gasteiger partial charge in [-0.1, -0.05) is 0 Å². The van der Waals surface area contributed by atoms with Crippen molar-refractivity contribution in [3.8, 4) is 0 Å². The molecule has 0 amide bonds. The molecule has 1 unspecified atom stereocenters. The van der Waals surface area contributed by atoms with Crippen molar-refractivity contribution in [2.75, 3.05) is 26.2 Å². The Hall–Kier alpha value is 0.210. The smallest absolute Gasteiger partial charge is 0.0781 e. The highest BCUT2D eigenvalue weighted by Crippen LogP contribution is 2.04. The van der Waals surface area contributed by atoms with Gasteiger partial charge in [0.15, 0.2) is 0 Å². The molecule has 3 heteroatoms. The van der Waals surface area contributed by atoms with E-state index in [-0.39, 0.29) is 0 Å². The lowest BCUT2D eigenvalue weighted by molar-refractivity contribution is 0.423. The molecule has 0 N–H and O–H groups in total. The fourth-order valence-electron chi connectivity index (χ4n) is 0.0962. The molecule has 0 aromatic rings. The zero-order valence-electron chi connectivity index (χ0n) is 5.89. The van der Waals surface area contributed by atoms with Gasteiger partial charge in [-0.3, -0.25) is 0 Å². The van der Waals surface area contributed by atoms with E-state index in [9.17, 15) is 0 Å². The van der Waals surface area contributed by atoms with Crippen LogP contribution in [0.5, 0.6) is 0 Å². The predicted octanol–water partition coefficient (Wildman–Crippen LogP) is 1.28. The van der Waals surface area contributed by atoms with Crippen LogP contribution in [-0.4, -0.2) is 32.3 Å². The lowest BCUT2D eigenvalue weighted by atomic mass is 10.6. The summed E-state index contributed by atoms with van der Waals surface area (Å²) < 4.78 is 9.21. The summed E-state index contributed by atoms with van der Waals surface area (Å²) in [7, 11) is 0. The second-order valence-corrected chi connectivity index (χ2v) is 1.76. The van der Waals surface area contributed by atoms with Crippen molar-refractivity contribution in [3.63, 3.8) is 0 Å². The summed E-state index contributed by atoms with van der Waals surface area (Å²) in [6.45, 7) is 5.04. The second-order valence-electron chi connectivity index (χ2n) is 1.76. The van der Waals surface area contributed by atoms with Crippen LogP contribution in [-0.2, 0) is 9.47 Å². The molecule has 0 aromatic heterocycles. The van der Waals surface area contributed by atoms with Crippen LogP contribution in [0.4, 0.5) is 0 Å². The first-order valence-corrected chi connectivity index (χ1v) is 3.72. The minimum absolute atomic E-state index is 0.583. The number of halogens is 1. The molecule has 2 rings (SSSR count). The van der Waals surface area contributed by atoms with Gasteiger partial charge in [0, 0.05) is 6.38 Å². The van der Waals surface area contributed by atoms with Crippen molar-refractivity contribution >= 4 is 11.6 Å². The minimum atomic E-state index is 0.583. The van der Waals surface area contributed by atoms with Gasteiger partial charge in [-0.05, 0) is 6.92 Å². The Kier molecular flexibility index (Phi) is 6.48. The van der Waals surface area contributed by atoms with Crippen LogP contribution in [0, 0.1) is 0 Å². The first-order valence-electron chi connectivity index (χ1n) is 2.97. The monoisotopic (exact) mass is 152 g/mol. The highest BCUT2D eigenvalue weighted by molar-refractivity contribution is 6.15. The molecule has 0 aromatic carbocycles. The average Bonchev–Trinajstić information content (AvgIpc) is 2.67. The van der Waals surface area contributed by atoms with Crippen LogP contribution in [0.15, 0.2) is 0 Å². The Labute approximate surface area is 61.1 Å². The molecule has 2 saturated heterocycles. The third-order valence-corrected chi connectivity index (χ3v) is 0.704. The highest BCUT2D eigenvalue weighted by atomic mass is 35.5. The predicted molar refractivity (Wildman–Crippen MR) is 38.0 cm³/mol. The third kappa shape index (κ3) is 17.9. The molecule has 2 fully saturated rings. The first kappa shape index (κ1) is 9.21. The molecule has 9 heavy (non-hydrogen) atoms. The van der Waals surface area contributed by atoms with Crippen LogP contribution >= 0.6 is 11.6 Å². The molecule has 2 aliphatic rings. The van der Waals surface area contributed by atoms with E-state index in [4.69, 9.17) is 4.74 Å². The molecule has 0 spiro atoms. The van der Waals surface area contributed by atoms with Gasteiger partial charge < -0.3 is 9.47 Å². The largest absolute Gasteiger partial charge is 0.377 e. The van der Waals surface area contributed by atoms with Crippen LogP contribution in [0.1, 0.15) is 6.92 Å². The minimum Gasteiger partial charge on any atom is -0.377 e. The Morgan fingerprint density at radius 1 is 1.33 bits per heavy atom. The molecule has 2 aliphatic heterocycles. The first-order chi connectivity index (χ1) is 4.39. The highest BCUT2D eigenvalue weighted by Gasteiger charge is 2.13. The summed E-state index contributed by atoms with van der Waals surface area (Å²) in [5, 5.41) is 0. The Balaban J connectivity index is 0.000000115. The van der Waals surface area contributed by atoms with E-state index in [1.54, 1.807) is 0 Å². The van der Waals surface area contributed by atoms with E-state index in [2.05, 4.69) is 23.3 Å². The Bertz CT molecular complexity index is 50.3. The maximum atomic E-state index is 4.71. The molecule has 1 atom stereocenters. The van der Waals surface area contributed by atoms with Gasteiger partial charge in [0.05, 0.1) is 25.9 Å². The molecule has 0 bridgehead atoms. The third-order valence-electron chi connectivity index (χ3n) is 0.704. The summed E-state index contributed by atoms with van der Waals surface area (Å²) in [5.41, 5.74) is 0. The van der Waals surface area contributed by atoms with Gasteiger partial charge in [-0.2, -0.15) is 0 Å². The summed E-state index contributed by atoms with van der Waals surface area (Å²) in [5.74, 6) is 0. The number of hydrogen-bond donors (Lipinski definition) is 0. The van der Waals surface area contributed by atoms with E-state index in [1.807, 2.05) is 0 Å². The summed E-state index contributed by atoms with van der Waals surface area (Å²) >= 11 is 4.64. The standard InChI is InChI=1S/C3H6O.C2H4O.CH3Cl/c1-3-2-4-3;1-2-3-1;1-2/h3H,2H2,1H3;1-2H2;1H3. The van der Waals surface area contributed by atoms with Gasteiger partial charge >= 0.3 is 0 Å². The average molecular weight is 153 g/mol. The number of rotatable bonds is 0. The van der Waals surface area contributed by atoms with Crippen molar-refractivity contribution in [2.24, 2.45) is 0 Å². The van der Waals surface area contributed by atoms with E-state index < -0.39 is 0 Å². The molecular formula is C6H13ClO2. The Morgan fingerprint density at radius 3 is 1.56 bits per heavy atom. The Morgan fingerprint density at radius 2 is 1.56 bits per heavy atom. The summed E-state index contributed by atoms with van der Waals surface area (Å²) in [4.78, 5) is 0. The van der Waals surface area contributed by atoms with Crippen LogP contribution in [0.3, 0.4) is 0 Å². The van der Waals surface area contributed by atoms with E-state index >= 15 is 0 Å². The maximum absolute atomic E-state index is 4.71. The molecule has 2 heterocycles. The van der Waals surface area contributed by atoms with Crippen LogP contribution < -0.4 is 0 Å². The van der Waals surface area contributed by atoms with Gasteiger partial charge in [0.25, 0.3) is 0 Å².